The van der Waals surface area contributed by atoms with Gasteiger partial charge in [-0.2, -0.15) is 0 Å². The highest BCUT2D eigenvalue weighted by molar-refractivity contribution is 6.42. The van der Waals surface area contributed by atoms with Gasteiger partial charge in [-0.1, -0.05) is 49.2 Å². The molecule has 2 nitrogen and oxygen atoms in total. The van der Waals surface area contributed by atoms with Crippen molar-refractivity contribution in [1.82, 2.24) is 0 Å². The Morgan fingerprint density at radius 2 is 1.94 bits per heavy atom. The second kappa shape index (κ2) is 6.60. The number of benzene rings is 1. The molecule has 0 fully saturated rings. The van der Waals surface area contributed by atoms with Crippen molar-refractivity contribution in [2.45, 2.75) is 26.4 Å². The third-order valence-electron chi connectivity index (χ3n) is 2.82. The van der Waals surface area contributed by atoms with Crippen molar-refractivity contribution in [3.8, 4) is 0 Å². The van der Waals surface area contributed by atoms with Crippen molar-refractivity contribution in [1.29, 1.82) is 0 Å². The molecule has 0 amide bonds. The minimum Gasteiger partial charge on any atom is -0.388 e. The van der Waals surface area contributed by atoms with Gasteiger partial charge in [-0.15, -0.1) is 0 Å². The normalized spacial score (nSPS) is 15.0. The van der Waals surface area contributed by atoms with E-state index in [2.05, 4.69) is 13.8 Å². The van der Waals surface area contributed by atoms with Gasteiger partial charge in [-0.3, -0.25) is 0 Å². The maximum absolute atomic E-state index is 10.3. The maximum atomic E-state index is 10.3. The molecule has 0 saturated carbocycles. The van der Waals surface area contributed by atoms with Crippen LogP contribution in [-0.4, -0.2) is 11.7 Å². The maximum Gasteiger partial charge on any atom is 0.0845 e. The van der Waals surface area contributed by atoms with Crippen LogP contribution in [0, 0.1) is 11.8 Å². The summed E-state index contributed by atoms with van der Waals surface area (Å²) >= 11 is 12.0. The van der Waals surface area contributed by atoms with Crippen molar-refractivity contribution < 1.29 is 5.11 Å². The van der Waals surface area contributed by atoms with Gasteiger partial charge in [-0.25, -0.2) is 0 Å². The molecule has 1 aromatic carbocycles. The Bertz CT molecular complexity index is 368. The molecule has 0 aliphatic rings. The molecule has 1 aromatic rings. The average Bonchev–Trinajstić information content (AvgIpc) is 2.28. The van der Waals surface area contributed by atoms with Crippen LogP contribution in [0.5, 0.6) is 0 Å². The molecule has 0 aromatic heterocycles. The molecule has 2 unspecified atom stereocenters. The van der Waals surface area contributed by atoms with Crippen LogP contribution in [-0.2, 0) is 0 Å². The summed E-state index contributed by atoms with van der Waals surface area (Å²) in [5.41, 5.74) is 6.37. The van der Waals surface area contributed by atoms with E-state index in [-0.39, 0.29) is 5.92 Å². The lowest BCUT2D eigenvalue weighted by molar-refractivity contribution is 0.0996. The molecule has 0 bridgehead atoms. The summed E-state index contributed by atoms with van der Waals surface area (Å²) in [5, 5.41) is 11.2. The summed E-state index contributed by atoms with van der Waals surface area (Å²) in [6.07, 6.45) is 0.203. The van der Waals surface area contributed by atoms with Crippen molar-refractivity contribution in [2.75, 3.05) is 6.54 Å². The number of rotatable bonds is 5. The predicted octanol–water partition coefficient (Wildman–Crippen LogP) is 3.65. The topological polar surface area (TPSA) is 46.2 Å². The highest BCUT2D eigenvalue weighted by Gasteiger charge is 2.23. The molecule has 0 aliphatic heterocycles. The number of halogens is 2. The smallest absolute Gasteiger partial charge is 0.0845 e. The van der Waals surface area contributed by atoms with Gasteiger partial charge in [0, 0.05) is 11.5 Å². The van der Waals surface area contributed by atoms with Crippen LogP contribution in [0.3, 0.4) is 0 Å². The van der Waals surface area contributed by atoms with Gasteiger partial charge in [-0.05, 0) is 24.9 Å². The fourth-order valence-electron chi connectivity index (χ4n) is 1.96. The monoisotopic (exact) mass is 275 g/mol. The first-order valence-electron chi connectivity index (χ1n) is 5.79. The summed E-state index contributed by atoms with van der Waals surface area (Å²) < 4.78 is 0. The molecule has 0 heterocycles. The Kier molecular flexibility index (Phi) is 5.74. The molecule has 0 radical (unpaired) electrons. The highest BCUT2D eigenvalue weighted by Crippen LogP contribution is 2.34. The number of hydrogen-bond acceptors (Lipinski definition) is 2. The van der Waals surface area contributed by atoms with Crippen LogP contribution in [0.25, 0.3) is 0 Å². The van der Waals surface area contributed by atoms with E-state index in [1.807, 2.05) is 0 Å². The molecular weight excluding hydrogens is 257 g/mol. The Labute approximate surface area is 113 Å². The van der Waals surface area contributed by atoms with Gasteiger partial charge in [0.15, 0.2) is 0 Å². The van der Waals surface area contributed by atoms with Crippen LogP contribution in [0.4, 0.5) is 0 Å². The third kappa shape index (κ3) is 3.85. The van der Waals surface area contributed by atoms with Crippen molar-refractivity contribution in [3.63, 3.8) is 0 Å². The molecule has 17 heavy (non-hydrogen) atoms. The lowest BCUT2D eigenvalue weighted by Crippen LogP contribution is -2.23. The first-order valence-corrected chi connectivity index (χ1v) is 6.55. The molecular formula is C13H19Cl2NO. The van der Waals surface area contributed by atoms with E-state index in [0.717, 1.165) is 6.42 Å². The van der Waals surface area contributed by atoms with E-state index >= 15 is 0 Å². The van der Waals surface area contributed by atoms with Crippen molar-refractivity contribution in [3.05, 3.63) is 33.8 Å². The van der Waals surface area contributed by atoms with Crippen LogP contribution in [0.15, 0.2) is 18.2 Å². The molecule has 3 N–H and O–H groups in total. The predicted molar refractivity (Wildman–Crippen MR) is 73.4 cm³/mol. The van der Waals surface area contributed by atoms with Gasteiger partial charge in [0.05, 0.1) is 16.1 Å². The van der Waals surface area contributed by atoms with E-state index in [1.54, 1.807) is 18.2 Å². The number of aliphatic hydroxyl groups excluding tert-OH is 1. The number of aliphatic hydroxyl groups is 1. The minimum atomic E-state index is -0.659. The van der Waals surface area contributed by atoms with Gasteiger partial charge in [0.2, 0.25) is 0 Å². The van der Waals surface area contributed by atoms with Gasteiger partial charge in [0.1, 0.15) is 0 Å². The molecule has 0 spiro atoms. The van der Waals surface area contributed by atoms with E-state index in [0.29, 0.717) is 28.1 Å². The lowest BCUT2D eigenvalue weighted by atomic mass is 9.88. The first kappa shape index (κ1) is 14.8. The Balaban J connectivity index is 2.93. The third-order valence-corrected chi connectivity index (χ3v) is 3.66. The van der Waals surface area contributed by atoms with Crippen molar-refractivity contribution >= 4 is 23.2 Å². The van der Waals surface area contributed by atoms with E-state index < -0.39 is 6.10 Å². The van der Waals surface area contributed by atoms with Crippen LogP contribution >= 0.6 is 23.2 Å². The van der Waals surface area contributed by atoms with E-state index in [9.17, 15) is 5.11 Å². The number of nitrogens with two attached hydrogens (primary N) is 1. The van der Waals surface area contributed by atoms with Crippen LogP contribution in [0.2, 0.25) is 10.0 Å². The SMILES string of the molecule is CC(C)CC(CN)C(O)c1cccc(Cl)c1Cl. The Morgan fingerprint density at radius 3 is 2.47 bits per heavy atom. The van der Waals surface area contributed by atoms with Gasteiger partial charge < -0.3 is 10.8 Å². The Hall–Kier alpha value is -0.280. The quantitative estimate of drug-likeness (QED) is 0.862. The fraction of sp³-hybridized carbons (Fsp3) is 0.538. The molecule has 0 aliphatic carbocycles. The number of hydrogen-bond donors (Lipinski definition) is 2. The molecule has 1 rings (SSSR count). The zero-order chi connectivity index (χ0) is 13.0. The second-order valence-corrected chi connectivity index (χ2v) is 5.50. The second-order valence-electron chi connectivity index (χ2n) is 4.71. The standard InChI is InChI=1S/C13H19Cl2NO/c1-8(2)6-9(7-16)13(17)10-4-3-5-11(14)12(10)15/h3-5,8-9,13,17H,6-7,16H2,1-2H3. The van der Waals surface area contributed by atoms with E-state index in [4.69, 9.17) is 28.9 Å². The lowest BCUT2D eigenvalue weighted by Gasteiger charge is -2.24. The summed E-state index contributed by atoms with van der Waals surface area (Å²) in [6, 6.07) is 5.29. The van der Waals surface area contributed by atoms with Gasteiger partial charge in [0.25, 0.3) is 0 Å². The van der Waals surface area contributed by atoms with E-state index in [1.165, 1.54) is 0 Å². The Morgan fingerprint density at radius 1 is 1.29 bits per heavy atom. The largest absolute Gasteiger partial charge is 0.388 e. The zero-order valence-corrected chi connectivity index (χ0v) is 11.7. The molecule has 2 atom stereocenters. The average molecular weight is 276 g/mol. The highest BCUT2D eigenvalue weighted by atomic mass is 35.5. The van der Waals surface area contributed by atoms with Gasteiger partial charge >= 0.3 is 0 Å². The summed E-state index contributed by atoms with van der Waals surface area (Å²) in [6.45, 7) is 4.64. The van der Waals surface area contributed by atoms with Crippen LogP contribution < -0.4 is 5.73 Å². The zero-order valence-electron chi connectivity index (χ0n) is 10.2. The summed E-state index contributed by atoms with van der Waals surface area (Å²) in [4.78, 5) is 0. The summed E-state index contributed by atoms with van der Waals surface area (Å²) in [5.74, 6) is 0.488. The molecule has 4 heteroatoms. The minimum absolute atomic E-state index is 0.00552. The molecule has 96 valence electrons. The fourth-order valence-corrected chi connectivity index (χ4v) is 2.38. The van der Waals surface area contributed by atoms with Crippen molar-refractivity contribution in [2.24, 2.45) is 17.6 Å². The van der Waals surface area contributed by atoms with Crippen LogP contribution in [0.1, 0.15) is 31.9 Å². The molecule has 0 saturated heterocycles. The first-order chi connectivity index (χ1) is 7.97. The summed E-state index contributed by atoms with van der Waals surface area (Å²) in [7, 11) is 0.